The van der Waals surface area contributed by atoms with E-state index in [0.717, 1.165) is 44.6 Å². The number of carbonyl (C=O) groups excluding carboxylic acids is 1. The lowest BCUT2D eigenvalue weighted by Crippen LogP contribution is -2.36. The molecule has 4 rings (SSSR count). The van der Waals surface area contributed by atoms with Gasteiger partial charge in [-0.1, -0.05) is 62.7 Å². The standard InChI is InChI=1S/C26H34N2O2/c1-3-27(4-2)18-21-11-13-23(14-12-21)24-10-8-9-22(17-24)19-28-20-26(30-25(28)29)15-6-5-7-16-26/h8-14,17H,3-7,15-16,18-20H2,1-2H3. The number of benzene rings is 2. The molecular formula is C26H34N2O2. The number of hydrogen-bond acceptors (Lipinski definition) is 3. The van der Waals surface area contributed by atoms with Gasteiger partial charge < -0.3 is 4.74 Å². The summed E-state index contributed by atoms with van der Waals surface area (Å²) in [6, 6.07) is 17.4. The molecule has 0 atom stereocenters. The van der Waals surface area contributed by atoms with E-state index in [0.29, 0.717) is 6.54 Å². The van der Waals surface area contributed by atoms with Crippen LogP contribution in [0.2, 0.25) is 0 Å². The summed E-state index contributed by atoms with van der Waals surface area (Å²) in [6.07, 6.45) is 5.46. The van der Waals surface area contributed by atoms with Crippen LogP contribution in [0, 0.1) is 0 Å². The molecular weight excluding hydrogens is 372 g/mol. The van der Waals surface area contributed by atoms with Crippen LogP contribution < -0.4 is 0 Å². The highest BCUT2D eigenvalue weighted by atomic mass is 16.6. The number of nitrogens with zero attached hydrogens (tertiary/aromatic N) is 2. The molecule has 1 aliphatic carbocycles. The Bertz CT molecular complexity index is 852. The Morgan fingerprint density at radius 2 is 1.67 bits per heavy atom. The van der Waals surface area contributed by atoms with Gasteiger partial charge in [0.15, 0.2) is 0 Å². The summed E-state index contributed by atoms with van der Waals surface area (Å²) in [7, 11) is 0. The van der Waals surface area contributed by atoms with Crippen molar-refractivity contribution in [3.8, 4) is 11.1 Å². The van der Waals surface area contributed by atoms with Gasteiger partial charge in [-0.2, -0.15) is 0 Å². The fraction of sp³-hybridized carbons (Fsp3) is 0.500. The molecule has 0 bridgehead atoms. The molecule has 2 aromatic rings. The highest BCUT2D eigenvalue weighted by Crippen LogP contribution is 2.37. The number of ether oxygens (including phenoxy) is 1. The molecule has 4 heteroatoms. The van der Waals surface area contributed by atoms with E-state index in [1.165, 1.54) is 36.0 Å². The van der Waals surface area contributed by atoms with Crippen LogP contribution in [-0.2, 0) is 17.8 Å². The fourth-order valence-electron chi connectivity index (χ4n) is 4.85. The highest BCUT2D eigenvalue weighted by Gasteiger charge is 2.45. The first-order valence-electron chi connectivity index (χ1n) is 11.5. The molecule has 2 fully saturated rings. The van der Waals surface area contributed by atoms with Gasteiger partial charge in [0.2, 0.25) is 0 Å². The molecule has 1 spiro atoms. The van der Waals surface area contributed by atoms with Crippen molar-refractivity contribution >= 4 is 6.09 Å². The summed E-state index contributed by atoms with van der Waals surface area (Å²) in [5, 5.41) is 0. The van der Waals surface area contributed by atoms with E-state index in [-0.39, 0.29) is 11.7 Å². The lowest BCUT2D eigenvalue weighted by Gasteiger charge is -2.30. The monoisotopic (exact) mass is 406 g/mol. The average Bonchev–Trinajstić information content (AvgIpc) is 3.07. The van der Waals surface area contributed by atoms with Crippen molar-refractivity contribution in [3.05, 3.63) is 59.7 Å². The minimum absolute atomic E-state index is 0.150. The molecule has 4 nitrogen and oxygen atoms in total. The summed E-state index contributed by atoms with van der Waals surface area (Å²) in [6.45, 7) is 8.89. The van der Waals surface area contributed by atoms with E-state index in [1.807, 2.05) is 4.90 Å². The Kier molecular flexibility index (Phi) is 6.43. The van der Waals surface area contributed by atoms with Gasteiger partial charge in [-0.15, -0.1) is 0 Å². The maximum Gasteiger partial charge on any atom is 0.410 e. The number of hydrogen-bond donors (Lipinski definition) is 0. The molecule has 2 aliphatic rings. The van der Waals surface area contributed by atoms with Gasteiger partial charge >= 0.3 is 6.09 Å². The topological polar surface area (TPSA) is 32.8 Å². The Morgan fingerprint density at radius 1 is 0.933 bits per heavy atom. The zero-order valence-electron chi connectivity index (χ0n) is 18.4. The normalized spacial score (nSPS) is 18.2. The third-order valence-electron chi connectivity index (χ3n) is 6.69. The Balaban J connectivity index is 1.43. The summed E-state index contributed by atoms with van der Waals surface area (Å²) < 4.78 is 5.84. The molecule has 1 heterocycles. The van der Waals surface area contributed by atoms with Crippen molar-refractivity contribution in [2.45, 2.75) is 64.6 Å². The van der Waals surface area contributed by atoms with Crippen LogP contribution >= 0.6 is 0 Å². The second-order valence-electron chi connectivity index (χ2n) is 8.83. The van der Waals surface area contributed by atoms with Gasteiger partial charge in [0.05, 0.1) is 6.54 Å². The van der Waals surface area contributed by atoms with Crippen molar-refractivity contribution in [1.29, 1.82) is 0 Å². The molecule has 0 N–H and O–H groups in total. The zero-order valence-corrected chi connectivity index (χ0v) is 18.4. The van der Waals surface area contributed by atoms with Gasteiger partial charge in [0, 0.05) is 13.1 Å². The highest BCUT2D eigenvalue weighted by molar-refractivity contribution is 5.71. The lowest BCUT2D eigenvalue weighted by atomic mass is 9.85. The fourth-order valence-corrected chi connectivity index (χ4v) is 4.85. The quantitative estimate of drug-likeness (QED) is 0.578. The number of carbonyl (C=O) groups is 1. The van der Waals surface area contributed by atoms with E-state index in [1.54, 1.807) is 0 Å². The molecule has 0 aromatic heterocycles. The minimum Gasteiger partial charge on any atom is -0.441 e. The number of amides is 1. The van der Waals surface area contributed by atoms with Crippen LogP contribution in [0.25, 0.3) is 11.1 Å². The van der Waals surface area contributed by atoms with Crippen molar-refractivity contribution in [1.82, 2.24) is 9.80 Å². The number of rotatable bonds is 7. The van der Waals surface area contributed by atoms with Gasteiger partial charge in [0.25, 0.3) is 0 Å². The molecule has 30 heavy (non-hydrogen) atoms. The van der Waals surface area contributed by atoms with Gasteiger partial charge in [-0.05, 0) is 67.1 Å². The second kappa shape index (κ2) is 9.22. The van der Waals surface area contributed by atoms with Gasteiger partial charge in [-0.25, -0.2) is 4.79 Å². The summed E-state index contributed by atoms with van der Waals surface area (Å²) >= 11 is 0. The maximum absolute atomic E-state index is 12.5. The first-order valence-corrected chi connectivity index (χ1v) is 11.5. The molecule has 1 amide bonds. The molecule has 1 aliphatic heterocycles. The smallest absolute Gasteiger partial charge is 0.410 e. The molecule has 0 radical (unpaired) electrons. The van der Waals surface area contributed by atoms with E-state index in [4.69, 9.17) is 4.74 Å². The maximum atomic E-state index is 12.5. The third-order valence-corrected chi connectivity index (χ3v) is 6.69. The molecule has 160 valence electrons. The van der Waals surface area contributed by atoms with Crippen LogP contribution in [0.5, 0.6) is 0 Å². The van der Waals surface area contributed by atoms with Crippen LogP contribution in [0.4, 0.5) is 4.79 Å². The molecule has 1 saturated carbocycles. The second-order valence-corrected chi connectivity index (χ2v) is 8.83. The third kappa shape index (κ3) is 4.70. The summed E-state index contributed by atoms with van der Waals surface area (Å²) in [5.41, 5.74) is 4.68. The Morgan fingerprint density at radius 3 is 2.37 bits per heavy atom. The van der Waals surface area contributed by atoms with E-state index < -0.39 is 0 Å². The average molecular weight is 407 g/mol. The van der Waals surface area contributed by atoms with Gasteiger partial charge in [-0.3, -0.25) is 9.80 Å². The van der Waals surface area contributed by atoms with Crippen LogP contribution in [0.3, 0.4) is 0 Å². The van der Waals surface area contributed by atoms with Crippen molar-refractivity contribution < 1.29 is 9.53 Å². The van der Waals surface area contributed by atoms with E-state index in [2.05, 4.69) is 67.3 Å². The predicted octanol–water partition coefficient (Wildman–Crippen LogP) is 5.85. The Hall–Kier alpha value is -2.33. The molecule has 0 unspecified atom stereocenters. The first-order chi connectivity index (χ1) is 14.6. The van der Waals surface area contributed by atoms with E-state index in [9.17, 15) is 4.79 Å². The van der Waals surface area contributed by atoms with Crippen LogP contribution in [0.15, 0.2) is 48.5 Å². The summed E-state index contributed by atoms with van der Waals surface area (Å²) in [4.78, 5) is 16.8. The minimum atomic E-state index is -0.229. The van der Waals surface area contributed by atoms with E-state index >= 15 is 0 Å². The largest absolute Gasteiger partial charge is 0.441 e. The van der Waals surface area contributed by atoms with Crippen molar-refractivity contribution in [2.24, 2.45) is 0 Å². The van der Waals surface area contributed by atoms with Gasteiger partial charge in [0.1, 0.15) is 5.60 Å². The van der Waals surface area contributed by atoms with Crippen LogP contribution in [-0.4, -0.2) is 41.1 Å². The zero-order chi connectivity index (χ0) is 21.0. The Labute approximate surface area is 180 Å². The van der Waals surface area contributed by atoms with Crippen molar-refractivity contribution in [3.63, 3.8) is 0 Å². The first kappa shape index (κ1) is 20.9. The van der Waals surface area contributed by atoms with Crippen molar-refractivity contribution in [2.75, 3.05) is 19.6 Å². The van der Waals surface area contributed by atoms with Crippen LogP contribution in [0.1, 0.15) is 57.1 Å². The molecule has 1 saturated heterocycles. The SMILES string of the molecule is CCN(CC)Cc1ccc(-c2cccc(CN3CC4(CCCCC4)OC3=O)c2)cc1. The lowest BCUT2D eigenvalue weighted by molar-refractivity contribution is 0.0260. The molecule has 2 aromatic carbocycles. The summed E-state index contributed by atoms with van der Waals surface area (Å²) in [5.74, 6) is 0. The predicted molar refractivity (Wildman–Crippen MR) is 121 cm³/mol.